The Kier molecular flexibility index (Phi) is 4.48. The van der Waals surface area contributed by atoms with Crippen LogP contribution in [0.2, 0.25) is 0 Å². The molecule has 2 aromatic rings. The maximum Gasteiger partial charge on any atom is 0.290 e. The van der Waals surface area contributed by atoms with Crippen molar-refractivity contribution in [2.24, 2.45) is 0 Å². The number of aromatic hydroxyl groups is 1. The molecule has 1 atom stereocenters. The maximum absolute atomic E-state index is 13.0. The van der Waals surface area contributed by atoms with Gasteiger partial charge in [0.15, 0.2) is 11.5 Å². The Morgan fingerprint density at radius 2 is 1.74 bits per heavy atom. The highest BCUT2D eigenvalue weighted by molar-refractivity contribution is 6.15. The molecule has 6 heteroatoms. The number of phenolic OH excluding ortho intramolecular Hbond substituents is 1. The Morgan fingerprint density at radius 3 is 2.37 bits per heavy atom. The lowest BCUT2D eigenvalue weighted by Crippen LogP contribution is -2.41. The van der Waals surface area contributed by atoms with E-state index in [4.69, 9.17) is 4.42 Å². The van der Waals surface area contributed by atoms with Crippen LogP contribution in [0.25, 0.3) is 0 Å². The van der Waals surface area contributed by atoms with Crippen LogP contribution in [0.15, 0.2) is 58.4 Å². The Labute approximate surface area is 156 Å². The summed E-state index contributed by atoms with van der Waals surface area (Å²) in [6.45, 7) is 0. The predicted octanol–water partition coefficient (Wildman–Crippen LogP) is 3.90. The molecule has 1 aliphatic heterocycles. The van der Waals surface area contributed by atoms with E-state index in [0.717, 1.165) is 32.1 Å². The summed E-state index contributed by atoms with van der Waals surface area (Å²) in [5, 5.41) is 20.2. The largest absolute Gasteiger partial charge is 0.508 e. The van der Waals surface area contributed by atoms with Gasteiger partial charge in [0.2, 0.25) is 5.78 Å². The number of ketones is 1. The zero-order valence-corrected chi connectivity index (χ0v) is 14.8. The average molecular weight is 367 g/mol. The minimum Gasteiger partial charge on any atom is -0.508 e. The monoisotopic (exact) mass is 367 g/mol. The van der Waals surface area contributed by atoms with Crippen LogP contribution in [0.1, 0.15) is 54.3 Å². The van der Waals surface area contributed by atoms with Gasteiger partial charge in [0.05, 0.1) is 17.9 Å². The second kappa shape index (κ2) is 6.95. The van der Waals surface area contributed by atoms with Crippen molar-refractivity contribution in [1.29, 1.82) is 0 Å². The lowest BCUT2D eigenvalue weighted by Gasteiger charge is -2.36. The number of carbonyl (C=O) groups excluding carboxylic acids is 2. The molecule has 1 aromatic heterocycles. The number of Topliss-reactive ketones (excluding diaryl/α,β-unsaturated/α-hetero) is 1. The quantitative estimate of drug-likeness (QED) is 0.800. The minimum absolute atomic E-state index is 0.0332. The molecule has 1 saturated carbocycles. The summed E-state index contributed by atoms with van der Waals surface area (Å²) in [6.07, 6.45) is 6.22. The standard InChI is InChI=1S/C21H21NO5/c23-15-10-8-13(9-11-15)18-17(19(24)16-7-4-12-27-16)20(25)21(26)22(18)14-5-2-1-3-6-14/h4,7-12,14,18,23,25H,1-3,5-6H2. The van der Waals surface area contributed by atoms with E-state index in [1.54, 1.807) is 23.1 Å². The number of benzene rings is 1. The summed E-state index contributed by atoms with van der Waals surface area (Å²) in [4.78, 5) is 27.6. The molecule has 1 aliphatic carbocycles. The lowest BCUT2D eigenvalue weighted by atomic mass is 9.90. The second-order valence-corrected chi connectivity index (χ2v) is 7.07. The summed E-state index contributed by atoms with van der Waals surface area (Å²) in [7, 11) is 0. The second-order valence-electron chi connectivity index (χ2n) is 7.07. The molecular formula is C21H21NO5. The number of phenols is 1. The summed E-state index contributed by atoms with van der Waals surface area (Å²) in [5.74, 6) is -1.35. The van der Waals surface area contributed by atoms with Crippen LogP contribution in [0.3, 0.4) is 0 Å². The molecule has 1 fully saturated rings. The van der Waals surface area contributed by atoms with Gasteiger partial charge in [-0.3, -0.25) is 9.59 Å². The maximum atomic E-state index is 13.0. The number of hydrogen-bond donors (Lipinski definition) is 2. The van der Waals surface area contributed by atoms with Gasteiger partial charge >= 0.3 is 0 Å². The first-order chi connectivity index (χ1) is 13.1. The normalized spacial score (nSPS) is 21.1. The van der Waals surface area contributed by atoms with Crippen molar-refractivity contribution in [1.82, 2.24) is 4.90 Å². The molecule has 0 bridgehead atoms. The van der Waals surface area contributed by atoms with E-state index in [9.17, 15) is 19.8 Å². The molecule has 2 aliphatic rings. The summed E-state index contributed by atoms with van der Waals surface area (Å²) in [6, 6.07) is 8.77. The molecule has 6 nitrogen and oxygen atoms in total. The van der Waals surface area contributed by atoms with Crippen LogP contribution in [0, 0.1) is 0 Å². The SMILES string of the molecule is O=C(C1=C(O)C(=O)N(C2CCCCC2)C1c1ccc(O)cc1)c1ccco1. The number of aliphatic hydroxyl groups excluding tert-OH is 1. The number of furan rings is 1. The predicted molar refractivity (Wildman–Crippen MR) is 97.3 cm³/mol. The fourth-order valence-corrected chi connectivity index (χ4v) is 4.12. The topological polar surface area (TPSA) is 91.0 Å². The van der Waals surface area contributed by atoms with Crippen molar-refractivity contribution in [3.05, 3.63) is 65.3 Å². The number of rotatable bonds is 4. The zero-order chi connectivity index (χ0) is 19.0. The molecule has 1 unspecified atom stereocenters. The van der Waals surface area contributed by atoms with E-state index >= 15 is 0 Å². The molecule has 2 N–H and O–H groups in total. The van der Waals surface area contributed by atoms with Gasteiger partial charge in [0, 0.05) is 6.04 Å². The van der Waals surface area contributed by atoms with E-state index in [2.05, 4.69) is 0 Å². The van der Waals surface area contributed by atoms with Crippen LogP contribution in [0.4, 0.5) is 0 Å². The highest BCUT2D eigenvalue weighted by Crippen LogP contribution is 2.43. The molecule has 0 radical (unpaired) electrons. The van der Waals surface area contributed by atoms with E-state index in [1.807, 2.05) is 0 Å². The third kappa shape index (κ3) is 3.01. The van der Waals surface area contributed by atoms with Crippen LogP contribution in [0.5, 0.6) is 5.75 Å². The van der Waals surface area contributed by atoms with Gasteiger partial charge in [0.1, 0.15) is 5.75 Å². The molecule has 0 spiro atoms. The first-order valence-corrected chi connectivity index (χ1v) is 9.21. The number of amides is 1. The van der Waals surface area contributed by atoms with Crippen molar-refractivity contribution in [2.45, 2.75) is 44.2 Å². The Morgan fingerprint density at radius 1 is 1.04 bits per heavy atom. The minimum atomic E-state index is -0.696. The highest BCUT2D eigenvalue weighted by Gasteiger charge is 2.47. The molecular weight excluding hydrogens is 346 g/mol. The number of hydrogen-bond acceptors (Lipinski definition) is 5. The number of nitrogens with zero attached hydrogens (tertiary/aromatic N) is 1. The summed E-state index contributed by atoms with van der Waals surface area (Å²) in [5.41, 5.74) is 0.705. The van der Waals surface area contributed by atoms with Crippen molar-refractivity contribution in [3.8, 4) is 5.75 Å². The van der Waals surface area contributed by atoms with Crippen molar-refractivity contribution in [2.75, 3.05) is 0 Å². The smallest absolute Gasteiger partial charge is 0.290 e. The Hall–Kier alpha value is -3.02. The van der Waals surface area contributed by atoms with Crippen LogP contribution in [-0.2, 0) is 4.79 Å². The van der Waals surface area contributed by atoms with Crippen molar-refractivity contribution in [3.63, 3.8) is 0 Å². The van der Waals surface area contributed by atoms with Gasteiger partial charge in [-0.05, 0) is 42.7 Å². The number of carbonyl (C=O) groups is 2. The summed E-state index contributed by atoms with van der Waals surface area (Å²) >= 11 is 0. The lowest BCUT2D eigenvalue weighted by molar-refractivity contribution is -0.132. The highest BCUT2D eigenvalue weighted by atomic mass is 16.3. The molecule has 2 heterocycles. The van der Waals surface area contributed by atoms with E-state index < -0.39 is 23.5 Å². The van der Waals surface area contributed by atoms with Crippen LogP contribution >= 0.6 is 0 Å². The third-order valence-electron chi connectivity index (χ3n) is 5.41. The molecule has 140 valence electrons. The fourth-order valence-electron chi connectivity index (χ4n) is 4.12. The third-order valence-corrected chi connectivity index (χ3v) is 5.41. The number of aliphatic hydroxyl groups is 1. The first kappa shape index (κ1) is 17.4. The van der Waals surface area contributed by atoms with E-state index in [1.165, 1.54) is 24.5 Å². The fraction of sp³-hybridized carbons (Fsp3) is 0.333. The van der Waals surface area contributed by atoms with Gasteiger partial charge < -0.3 is 19.5 Å². The van der Waals surface area contributed by atoms with E-state index in [0.29, 0.717) is 5.56 Å². The molecule has 27 heavy (non-hydrogen) atoms. The Balaban J connectivity index is 1.80. The zero-order valence-electron chi connectivity index (χ0n) is 14.8. The Bertz CT molecular complexity index is 876. The van der Waals surface area contributed by atoms with Crippen LogP contribution < -0.4 is 0 Å². The van der Waals surface area contributed by atoms with Gasteiger partial charge in [0.25, 0.3) is 5.91 Å². The van der Waals surface area contributed by atoms with Crippen molar-refractivity contribution < 1.29 is 24.2 Å². The van der Waals surface area contributed by atoms with Gasteiger partial charge in [-0.25, -0.2) is 0 Å². The van der Waals surface area contributed by atoms with Gasteiger partial charge in [-0.1, -0.05) is 31.4 Å². The van der Waals surface area contributed by atoms with E-state index in [-0.39, 0.29) is 23.1 Å². The molecule has 0 saturated heterocycles. The van der Waals surface area contributed by atoms with Gasteiger partial charge in [-0.15, -0.1) is 0 Å². The first-order valence-electron chi connectivity index (χ1n) is 9.21. The van der Waals surface area contributed by atoms with Gasteiger partial charge in [-0.2, -0.15) is 0 Å². The van der Waals surface area contributed by atoms with Crippen molar-refractivity contribution >= 4 is 11.7 Å². The summed E-state index contributed by atoms with van der Waals surface area (Å²) < 4.78 is 5.21. The van der Waals surface area contributed by atoms with Crippen LogP contribution in [-0.4, -0.2) is 32.8 Å². The molecule has 1 aromatic carbocycles. The molecule has 1 amide bonds. The average Bonchev–Trinajstić information content (AvgIpc) is 3.31. The molecule has 4 rings (SSSR count).